The van der Waals surface area contributed by atoms with Crippen molar-refractivity contribution in [3.05, 3.63) is 21.4 Å². The lowest BCUT2D eigenvalue weighted by Crippen LogP contribution is -2.34. The van der Waals surface area contributed by atoms with Gasteiger partial charge < -0.3 is 5.32 Å². The monoisotopic (exact) mass is 251 g/mol. The molecule has 2 heteroatoms. The van der Waals surface area contributed by atoms with E-state index in [1.165, 1.54) is 47.4 Å². The van der Waals surface area contributed by atoms with Crippen LogP contribution in [0, 0.1) is 19.8 Å². The summed E-state index contributed by atoms with van der Waals surface area (Å²) in [6, 6.07) is 3.01. The summed E-state index contributed by atoms with van der Waals surface area (Å²) in [5, 5.41) is 3.73. The van der Waals surface area contributed by atoms with E-state index in [1.807, 2.05) is 11.3 Å². The minimum absolute atomic E-state index is 0.676. The van der Waals surface area contributed by atoms with Gasteiger partial charge in [-0.3, -0.25) is 0 Å². The molecule has 0 amide bonds. The Hall–Kier alpha value is -0.340. The van der Waals surface area contributed by atoms with Gasteiger partial charge in [-0.25, -0.2) is 0 Å². The van der Waals surface area contributed by atoms with E-state index in [0.717, 1.165) is 12.5 Å². The molecule has 1 atom stereocenters. The molecule has 17 heavy (non-hydrogen) atoms. The van der Waals surface area contributed by atoms with Crippen molar-refractivity contribution in [3.8, 4) is 0 Å². The Morgan fingerprint density at radius 1 is 1.29 bits per heavy atom. The molecule has 0 aromatic carbocycles. The number of hydrogen-bond acceptors (Lipinski definition) is 2. The summed E-state index contributed by atoms with van der Waals surface area (Å²) in [5.74, 6) is 0.906. The molecule has 1 aromatic rings. The van der Waals surface area contributed by atoms with Crippen molar-refractivity contribution in [3.63, 3.8) is 0 Å². The van der Waals surface area contributed by atoms with Crippen LogP contribution < -0.4 is 5.32 Å². The van der Waals surface area contributed by atoms with Gasteiger partial charge in [0.25, 0.3) is 0 Å². The Labute approximate surface area is 110 Å². The second-order valence-electron chi connectivity index (χ2n) is 5.51. The van der Waals surface area contributed by atoms with Crippen LogP contribution in [0.25, 0.3) is 0 Å². The van der Waals surface area contributed by atoms with Gasteiger partial charge >= 0.3 is 0 Å². The van der Waals surface area contributed by atoms with Gasteiger partial charge in [0.15, 0.2) is 0 Å². The minimum atomic E-state index is 0.676. The highest BCUT2D eigenvalue weighted by atomic mass is 32.1. The molecule has 1 saturated carbocycles. The summed E-state index contributed by atoms with van der Waals surface area (Å²) < 4.78 is 0. The third-order valence-electron chi connectivity index (χ3n) is 4.12. The molecule has 2 rings (SSSR count). The zero-order valence-electron chi connectivity index (χ0n) is 11.4. The van der Waals surface area contributed by atoms with Crippen LogP contribution in [0.2, 0.25) is 0 Å². The maximum atomic E-state index is 3.73. The zero-order chi connectivity index (χ0) is 12.3. The SMILES string of the molecule is Cc1cc(CN[C@@H](C)C2CCCCC2)c(C)s1. The van der Waals surface area contributed by atoms with Crippen LogP contribution in [-0.2, 0) is 6.54 Å². The topological polar surface area (TPSA) is 12.0 Å². The Kier molecular flexibility index (Phi) is 4.63. The number of thiophene rings is 1. The number of hydrogen-bond donors (Lipinski definition) is 1. The Morgan fingerprint density at radius 2 is 2.00 bits per heavy atom. The molecule has 1 aliphatic carbocycles. The standard InChI is InChI=1S/C15H25NS/c1-11-9-15(13(3)17-11)10-16-12(2)14-7-5-4-6-8-14/h9,12,14,16H,4-8,10H2,1-3H3/t12-/m0/s1. The van der Waals surface area contributed by atoms with E-state index < -0.39 is 0 Å². The van der Waals surface area contributed by atoms with E-state index in [9.17, 15) is 0 Å². The summed E-state index contributed by atoms with van der Waals surface area (Å²) in [7, 11) is 0. The Balaban J connectivity index is 1.82. The van der Waals surface area contributed by atoms with E-state index in [0.29, 0.717) is 6.04 Å². The first-order valence-corrected chi connectivity index (χ1v) is 7.78. The average Bonchev–Trinajstić information content (AvgIpc) is 2.66. The second-order valence-corrected chi connectivity index (χ2v) is 6.97. The summed E-state index contributed by atoms with van der Waals surface area (Å²) >= 11 is 1.92. The average molecular weight is 251 g/mol. The summed E-state index contributed by atoms with van der Waals surface area (Å²) in [5.41, 5.74) is 1.50. The summed E-state index contributed by atoms with van der Waals surface area (Å²) in [6.45, 7) is 7.85. The van der Waals surface area contributed by atoms with Crippen molar-refractivity contribution in [2.45, 2.75) is 65.5 Å². The molecule has 0 unspecified atom stereocenters. The molecule has 1 heterocycles. The van der Waals surface area contributed by atoms with Crippen LogP contribution in [0.4, 0.5) is 0 Å². The predicted molar refractivity (Wildman–Crippen MR) is 76.7 cm³/mol. The second kappa shape index (κ2) is 6.01. The van der Waals surface area contributed by atoms with Crippen molar-refractivity contribution in [2.24, 2.45) is 5.92 Å². The lowest BCUT2D eigenvalue weighted by molar-refractivity contribution is 0.280. The third kappa shape index (κ3) is 3.56. The van der Waals surface area contributed by atoms with E-state index in [1.54, 1.807) is 0 Å². The minimum Gasteiger partial charge on any atom is -0.310 e. The number of rotatable bonds is 4. The highest BCUT2D eigenvalue weighted by Crippen LogP contribution is 2.27. The molecule has 96 valence electrons. The highest BCUT2D eigenvalue weighted by molar-refractivity contribution is 7.12. The third-order valence-corrected chi connectivity index (χ3v) is 5.12. The predicted octanol–water partition coefficient (Wildman–Crippen LogP) is 4.42. The summed E-state index contributed by atoms with van der Waals surface area (Å²) in [4.78, 5) is 2.91. The molecule has 0 radical (unpaired) electrons. The van der Waals surface area contributed by atoms with Crippen LogP contribution in [0.15, 0.2) is 6.07 Å². The van der Waals surface area contributed by atoms with Gasteiger partial charge in [-0.2, -0.15) is 0 Å². The lowest BCUT2D eigenvalue weighted by Gasteiger charge is -2.28. The maximum absolute atomic E-state index is 3.73. The van der Waals surface area contributed by atoms with Gasteiger partial charge in [0.05, 0.1) is 0 Å². The first kappa shape index (κ1) is 13.1. The fraction of sp³-hybridized carbons (Fsp3) is 0.733. The Bertz CT molecular complexity index is 350. The van der Waals surface area contributed by atoms with E-state index in [4.69, 9.17) is 0 Å². The number of nitrogens with one attached hydrogen (secondary N) is 1. The molecule has 1 aliphatic rings. The van der Waals surface area contributed by atoms with Gasteiger partial charge in [0.1, 0.15) is 0 Å². The van der Waals surface area contributed by atoms with Crippen molar-refractivity contribution in [2.75, 3.05) is 0 Å². The first-order chi connectivity index (χ1) is 8.16. The molecule has 1 N–H and O–H groups in total. The van der Waals surface area contributed by atoms with Crippen LogP contribution >= 0.6 is 11.3 Å². The van der Waals surface area contributed by atoms with E-state index in [-0.39, 0.29) is 0 Å². The van der Waals surface area contributed by atoms with E-state index in [2.05, 4.69) is 32.2 Å². The largest absolute Gasteiger partial charge is 0.310 e. The zero-order valence-corrected chi connectivity index (χ0v) is 12.2. The molecular formula is C15H25NS. The quantitative estimate of drug-likeness (QED) is 0.835. The molecule has 0 spiro atoms. The van der Waals surface area contributed by atoms with Crippen LogP contribution in [0.3, 0.4) is 0 Å². The normalized spacial score (nSPS) is 19.5. The lowest BCUT2D eigenvalue weighted by atomic mass is 9.84. The Morgan fingerprint density at radius 3 is 2.59 bits per heavy atom. The molecule has 1 fully saturated rings. The highest BCUT2D eigenvalue weighted by Gasteiger charge is 2.19. The fourth-order valence-corrected chi connectivity index (χ4v) is 3.88. The molecule has 1 aromatic heterocycles. The maximum Gasteiger partial charge on any atom is 0.0219 e. The van der Waals surface area contributed by atoms with Crippen LogP contribution in [0.1, 0.15) is 54.3 Å². The smallest absolute Gasteiger partial charge is 0.0219 e. The molecular weight excluding hydrogens is 226 g/mol. The molecule has 0 aliphatic heterocycles. The van der Waals surface area contributed by atoms with Gasteiger partial charge in [-0.05, 0) is 51.2 Å². The van der Waals surface area contributed by atoms with Crippen molar-refractivity contribution >= 4 is 11.3 Å². The van der Waals surface area contributed by atoms with Gasteiger partial charge in [-0.1, -0.05) is 19.3 Å². The van der Waals surface area contributed by atoms with Crippen molar-refractivity contribution in [1.29, 1.82) is 0 Å². The molecule has 0 bridgehead atoms. The van der Waals surface area contributed by atoms with Gasteiger partial charge in [0.2, 0.25) is 0 Å². The number of aryl methyl sites for hydroxylation is 2. The van der Waals surface area contributed by atoms with Gasteiger partial charge in [0, 0.05) is 22.3 Å². The van der Waals surface area contributed by atoms with Crippen LogP contribution in [-0.4, -0.2) is 6.04 Å². The summed E-state index contributed by atoms with van der Waals surface area (Å²) in [6.07, 6.45) is 7.18. The molecule has 0 saturated heterocycles. The first-order valence-electron chi connectivity index (χ1n) is 6.96. The van der Waals surface area contributed by atoms with Crippen molar-refractivity contribution in [1.82, 2.24) is 5.32 Å². The van der Waals surface area contributed by atoms with E-state index >= 15 is 0 Å². The fourth-order valence-electron chi connectivity index (χ4n) is 2.93. The van der Waals surface area contributed by atoms with Gasteiger partial charge in [-0.15, -0.1) is 11.3 Å². The molecule has 1 nitrogen and oxygen atoms in total. The van der Waals surface area contributed by atoms with Crippen molar-refractivity contribution < 1.29 is 0 Å². The van der Waals surface area contributed by atoms with Crippen LogP contribution in [0.5, 0.6) is 0 Å².